The summed E-state index contributed by atoms with van der Waals surface area (Å²) >= 11 is 3.73. The Morgan fingerprint density at radius 1 is 0.750 bits per heavy atom. The maximum Gasteiger partial charge on any atom is 0.129 e. The van der Waals surface area contributed by atoms with Gasteiger partial charge in [0.15, 0.2) is 0 Å². The van der Waals surface area contributed by atoms with Crippen molar-refractivity contribution < 1.29 is 14.2 Å². The van der Waals surface area contributed by atoms with Gasteiger partial charge in [-0.2, -0.15) is 0 Å². The van der Waals surface area contributed by atoms with E-state index in [0.29, 0.717) is 0 Å². The van der Waals surface area contributed by atoms with Crippen molar-refractivity contribution >= 4 is 26.8 Å². The number of fused-ring (bicyclic) bond motifs is 1. The summed E-state index contributed by atoms with van der Waals surface area (Å²) in [6.45, 7) is 0. The molecule has 1 heterocycles. The summed E-state index contributed by atoms with van der Waals surface area (Å²) < 4.78 is 17.2. The molecule has 0 spiro atoms. The molecule has 0 amide bonds. The molecule has 0 saturated heterocycles. The van der Waals surface area contributed by atoms with Gasteiger partial charge in [0, 0.05) is 27.2 Å². The molecule has 4 nitrogen and oxygen atoms in total. The molecule has 0 aliphatic rings. The molecule has 0 saturated carbocycles. The number of hydrogen-bond acceptors (Lipinski definition) is 3. The number of ether oxygens (including phenoxy) is 3. The van der Waals surface area contributed by atoms with Crippen LogP contribution in [0.2, 0.25) is 0 Å². The lowest BCUT2D eigenvalue weighted by Gasteiger charge is -2.13. The van der Waals surface area contributed by atoms with Gasteiger partial charge in [-0.25, -0.2) is 0 Å². The van der Waals surface area contributed by atoms with Crippen LogP contribution in [0.5, 0.6) is 17.2 Å². The fourth-order valence-corrected chi connectivity index (χ4v) is 4.07. The van der Waals surface area contributed by atoms with Crippen LogP contribution in [0.4, 0.5) is 0 Å². The van der Waals surface area contributed by atoms with Crippen molar-refractivity contribution in [3.63, 3.8) is 0 Å². The maximum absolute atomic E-state index is 5.69. The normalized spacial score (nSPS) is 10.9. The van der Waals surface area contributed by atoms with Crippen LogP contribution in [0.25, 0.3) is 33.2 Å². The molecule has 3 aromatic carbocycles. The number of halogens is 1. The first-order valence-corrected chi connectivity index (χ1v) is 9.62. The fourth-order valence-electron chi connectivity index (χ4n) is 3.45. The average Bonchev–Trinajstić information content (AvgIpc) is 3.19. The van der Waals surface area contributed by atoms with Gasteiger partial charge in [-0.05, 0) is 57.4 Å². The van der Waals surface area contributed by atoms with E-state index in [1.54, 1.807) is 21.3 Å². The molecule has 4 aromatic rings. The molecule has 4 rings (SSSR count). The summed E-state index contributed by atoms with van der Waals surface area (Å²) in [5, 5.41) is 1.11. The Bertz CT molecular complexity index is 1120. The zero-order valence-electron chi connectivity index (χ0n) is 15.9. The standard InChI is InChI=1S/C23H20BrNO3/c1-26-16-8-4-14(5-9-16)18-13-25-23-21(15-6-10-17(27-2)11-7-15)20(28-3)12-19(24)22(18)23/h4-13,25H,1-3H3. The van der Waals surface area contributed by atoms with E-state index in [-0.39, 0.29) is 0 Å². The Balaban J connectivity index is 1.94. The monoisotopic (exact) mass is 437 g/mol. The van der Waals surface area contributed by atoms with Gasteiger partial charge in [-0.3, -0.25) is 0 Å². The highest BCUT2D eigenvalue weighted by atomic mass is 79.9. The molecule has 0 aliphatic heterocycles. The number of rotatable bonds is 5. The zero-order chi connectivity index (χ0) is 19.7. The number of aromatic amines is 1. The number of benzene rings is 3. The van der Waals surface area contributed by atoms with Crippen molar-refractivity contribution in [3.05, 3.63) is 65.3 Å². The topological polar surface area (TPSA) is 43.5 Å². The van der Waals surface area contributed by atoms with Gasteiger partial charge >= 0.3 is 0 Å². The van der Waals surface area contributed by atoms with Crippen molar-refractivity contribution in [3.8, 4) is 39.5 Å². The van der Waals surface area contributed by atoms with Crippen molar-refractivity contribution in [1.82, 2.24) is 4.98 Å². The lowest BCUT2D eigenvalue weighted by Crippen LogP contribution is -1.91. The van der Waals surface area contributed by atoms with E-state index in [1.807, 2.05) is 48.7 Å². The SMILES string of the molecule is COc1ccc(-c2c(OC)cc(Br)c3c(-c4ccc(OC)cc4)c[nH]c23)cc1. The molecule has 5 heteroatoms. The second-order valence-corrected chi connectivity index (χ2v) is 7.20. The molecule has 0 bridgehead atoms. The van der Waals surface area contributed by atoms with Crippen LogP contribution in [-0.4, -0.2) is 26.3 Å². The third kappa shape index (κ3) is 3.12. The van der Waals surface area contributed by atoms with E-state index in [4.69, 9.17) is 14.2 Å². The van der Waals surface area contributed by atoms with Gasteiger partial charge in [-0.15, -0.1) is 0 Å². The second kappa shape index (κ2) is 7.60. The molecule has 28 heavy (non-hydrogen) atoms. The first kappa shape index (κ1) is 18.4. The molecule has 0 unspecified atom stereocenters. The van der Waals surface area contributed by atoms with Gasteiger partial charge in [0.1, 0.15) is 17.2 Å². The highest BCUT2D eigenvalue weighted by Crippen LogP contribution is 2.44. The average molecular weight is 438 g/mol. The Morgan fingerprint density at radius 2 is 1.32 bits per heavy atom. The van der Waals surface area contributed by atoms with Crippen LogP contribution < -0.4 is 14.2 Å². The van der Waals surface area contributed by atoms with Gasteiger partial charge in [-0.1, -0.05) is 24.3 Å². The fraction of sp³-hybridized carbons (Fsp3) is 0.130. The van der Waals surface area contributed by atoms with E-state index in [0.717, 1.165) is 54.9 Å². The third-order valence-electron chi connectivity index (χ3n) is 4.87. The van der Waals surface area contributed by atoms with E-state index < -0.39 is 0 Å². The molecule has 0 aliphatic carbocycles. The molecule has 1 aromatic heterocycles. The van der Waals surface area contributed by atoms with Gasteiger partial charge in [0.25, 0.3) is 0 Å². The van der Waals surface area contributed by atoms with Crippen LogP contribution in [0.15, 0.2) is 65.3 Å². The summed E-state index contributed by atoms with van der Waals surface area (Å²) in [7, 11) is 5.03. The summed E-state index contributed by atoms with van der Waals surface area (Å²) in [6, 6.07) is 18.1. The molecular formula is C23H20BrNO3. The third-order valence-corrected chi connectivity index (χ3v) is 5.50. The minimum absolute atomic E-state index is 0.799. The number of methoxy groups -OCH3 is 3. The molecule has 0 atom stereocenters. The number of H-pyrrole nitrogens is 1. The van der Waals surface area contributed by atoms with Crippen molar-refractivity contribution in [1.29, 1.82) is 0 Å². The molecule has 0 fully saturated rings. The maximum atomic E-state index is 5.69. The molecule has 0 radical (unpaired) electrons. The molecular weight excluding hydrogens is 418 g/mol. The van der Waals surface area contributed by atoms with Crippen LogP contribution in [0.1, 0.15) is 0 Å². The van der Waals surface area contributed by atoms with E-state index in [2.05, 4.69) is 33.0 Å². The van der Waals surface area contributed by atoms with Crippen LogP contribution in [0.3, 0.4) is 0 Å². The number of hydrogen-bond donors (Lipinski definition) is 1. The Morgan fingerprint density at radius 3 is 1.86 bits per heavy atom. The van der Waals surface area contributed by atoms with Crippen molar-refractivity contribution in [2.24, 2.45) is 0 Å². The Kier molecular flexibility index (Phi) is 5.01. The second-order valence-electron chi connectivity index (χ2n) is 6.35. The highest BCUT2D eigenvalue weighted by molar-refractivity contribution is 9.10. The molecule has 1 N–H and O–H groups in total. The highest BCUT2D eigenvalue weighted by Gasteiger charge is 2.18. The van der Waals surface area contributed by atoms with E-state index in [9.17, 15) is 0 Å². The summed E-state index contributed by atoms with van der Waals surface area (Å²) in [4.78, 5) is 3.45. The predicted molar refractivity (Wildman–Crippen MR) is 117 cm³/mol. The summed E-state index contributed by atoms with van der Waals surface area (Å²) in [6.07, 6.45) is 2.03. The van der Waals surface area contributed by atoms with E-state index in [1.165, 1.54) is 0 Å². The first-order valence-electron chi connectivity index (χ1n) is 8.82. The Hall–Kier alpha value is -2.92. The quantitative estimate of drug-likeness (QED) is 0.398. The van der Waals surface area contributed by atoms with Crippen molar-refractivity contribution in [2.45, 2.75) is 0 Å². The van der Waals surface area contributed by atoms with Gasteiger partial charge in [0.05, 0.1) is 26.8 Å². The first-order chi connectivity index (χ1) is 13.7. The lowest BCUT2D eigenvalue weighted by atomic mass is 9.98. The van der Waals surface area contributed by atoms with Gasteiger partial charge in [0.2, 0.25) is 0 Å². The van der Waals surface area contributed by atoms with Crippen LogP contribution >= 0.6 is 15.9 Å². The largest absolute Gasteiger partial charge is 0.497 e. The lowest BCUT2D eigenvalue weighted by molar-refractivity contribution is 0.414. The molecule has 142 valence electrons. The minimum Gasteiger partial charge on any atom is -0.497 e. The summed E-state index contributed by atoms with van der Waals surface area (Å²) in [5.41, 5.74) is 5.31. The number of aromatic nitrogens is 1. The van der Waals surface area contributed by atoms with Crippen molar-refractivity contribution in [2.75, 3.05) is 21.3 Å². The number of nitrogens with one attached hydrogen (secondary N) is 1. The van der Waals surface area contributed by atoms with Gasteiger partial charge < -0.3 is 19.2 Å². The smallest absolute Gasteiger partial charge is 0.129 e. The van der Waals surface area contributed by atoms with Crippen LogP contribution in [0, 0.1) is 0 Å². The van der Waals surface area contributed by atoms with E-state index >= 15 is 0 Å². The Labute approximate surface area is 172 Å². The van der Waals surface area contributed by atoms with Crippen LogP contribution in [-0.2, 0) is 0 Å². The minimum atomic E-state index is 0.799. The zero-order valence-corrected chi connectivity index (χ0v) is 17.5. The predicted octanol–water partition coefficient (Wildman–Crippen LogP) is 6.29. The summed E-state index contributed by atoms with van der Waals surface area (Å²) in [5.74, 6) is 2.46.